The van der Waals surface area contributed by atoms with Gasteiger partial charge in [-0.1, -0.05) is 0 Å². The number of halogens is 3. The van der Waals surface area contributed by atoms with Crippen LogP contribution < -0.4 is 4.90 Å². The lowest BCUT2D eigenvalue weighted by Crippen LogP contribution is -2.49. The number of piperazine rings is 1. The zero-order chi connectivity index (χ0) is 22.3. The van der Waals surface area contributed by atoms with Gasteiger partial charge in [-0.15, -0.1) is 11.3 Å². The SMILES string of the molecule is O=C(Cc1cn2cc(-c3ccoc3)cc(C(F)(F)F)c2n1)N1CCN(c2nccs2)CC1. The highest BCUT2D eigenvalue weighted by Gasteiger charge is 2.35. The maximum absolute atomic E-state index is 13.7. The van der Waals surface area contributed by atoms with Crippen molar-refractivity contribution in [3.63, 3.8) is 0 Å². The number of anilines is 1. The molecule has 0 saturated carbocycles. The molecule has 1 aliphatic heterocycles. The number of hydrogen-bond acceptors (Lipinski definition) is 6. The van der Waals surface area contributed by atoms with Crippen molar-refractivity contribution in [2.45, 2.75) is 12.6 Å². The lowest BCUT2D eigenvalue weighted by atomic mass is 10.1. The Hall–Kier alpha value is -3.34. The third-order valence-corrected chi connectivity index (χ3v) is 6.25. The van der Waals surface area contributed by atoms with E-state index in [0.29, 0.717) is 43.0 Å². The third kappa shape index (κ3) is 3.95. The Morgan fingerprint density at radius 3 is 2.62 bits per heavy atom. The fourth-order valence-electron chi connectivity index (χ4n) is 3.82. The van der Waals surface area contributed by atoms with Gasteiger partial charge in [-0.05, 0) is 12.1 Å². The fourth-order valence-corrected chi connectivity index (χ4v) is 4.51. The van der Waals surface area contributed by atoms with Gasteiger partial charge in [0.25, 0.3) is 0 Å². The smallest absolute Gasteiger partial charge is 0.420 e. The van der Waals surface area contributed by atoms with E-state index in [4.69, 9.17) is 4.42 Å². The normalized spacial score (nSPS) is 15.0. The van der Waals surface area contributed by atoms with E-state index in [0.717, 1.165) is 11.2 Å². The van der Waals surface area contributed by atoms with Gasteiger partial charge in [-0.2, -0.15) is 13.2 Å². The number of aromatic nitrogens is 3. The van der Waals surface area contributed by atoms with Crippen LogP contribution >= 0.6 is 11.3 Å². The first-order valence-corrected chi connectivity index (χ1v) is 10.8. The number of carbonyl (C=O) groups is 1. The van der Waals surface area contributed by atoms with Gasteiger partial charge in [0.2, 0.25) is 5.91 Å². The van der Waals surface area contributed by atoms with Gasteiger partial charge in [0, 0.05) is 61.3 Å². The van der Waals surface area contributed by atoms with Gasteiger partial charge >= 0.3 is 6.18 Å². The average molecular weight is 461 g/mol. The summed E-state index contributed by atoms with van der Waals surface area (Å²) in [5, 5.41) is 2.83. The monoisotopic (exact) mass is 461 g/mol. The Morgan fingerprint density at radius 1 is 1.16 bits per heavy atom. The average Bonchev–Trinajstić information content (AvgIpc) is 3.53. The number of pyridine rings is 1. The number of alkyl halides is 3. The number of amides is 1. The van der Waals surface area contributed by atoms with Crippen LogP contribution in [0, 0.1) is 0 Å². The van der Waals surface area contributed by atoms with Crippen LogP contribution in [0.1, 0.15) is 11.3 Å². The molecule has 11 heteroatoms. The first-order chi connectivity index (χ1) is 15.4. The molecule has 1 fully saturated rings. The molecule has 4 aromatic rings. The standard InChI is InChI=1S/C21H18F3N5O2S/c22-21(23,24)17-9-15(14-1-7-31-13-14)11-29-12-16(26-19(17)29)10-18(30)27-3-5-28(6-4-27)20-25-2-8-32-20/h1-2,7-9,11-13H,3-6,10H2. The second-order valence-corrected chi connectivity index (χ2v) is 8.35. The maximum Gasteiger partial charge on any atom is 0.420 e. The van der Waals surface area contributed by atoms with Crippen molar-refractivity contribution < 1.29 is 22.4 Å². The molecule has 0 N–H and O–H groups in total. The highest BCUT2D eigenvalue weighted by atomic mass is 32.1. The van der Waals surface area contributed by atoms with Crippen molar-refractivity contribution in [2.75, 3.05) is 31.1 Å². The largest absolute Gasteiger partial charge is 0.472 e. The second kappa shape index (κ2) is 7.97. The number of hydrogen-bond donors (Lipinski definition) is 0. The molecule has 5 heterocycles. The third-order valence-electron chi connectivity index (χ3n) is 5.42. The molecule has 0 unspecified atom stereocenters. The van der Waals surface area contributed by atoms with Crippen LogP contribution in [-0.4, -0.2) is 51.4 Å². The molecule has 0 spiro atoms. The molecular weight excluding hydrogens is 443 g/mol. The first kappa shape index (κ1) is 20.6. The van der Waals surface area contributed by atoms with Gasteiger partial charge in [0.1, 0.15) is 5.65 Å². The minimum absolute atomic E-state index is 0.0583. The Kier molecular flexibility index (Phi) is 5.12. The van der Waals surface area contributed by atoms with E-state index in [-0.39, 0.29) is 18.0 Å². The van der Waals surface area contributed by atoms with Crippen LogP contribution in [0.5, 0.6) is 0 Å². The number of nitrogens with zero attached hydrogens (tertiary/aromatic N) is 5. The van der Waals surface area contributed by atoms with Crippen LogP contribution in [0.15, 0.2) is 53.0 Å². The molecule has 0 radical (unpaired) electrons. The summed E-state index contributed by atoms with van der Waals surface area (Å²) in [6.07, 6.45) is 2.93. The van der Waals surface area contributed by atoms with Crippen molar-refractivity contribution in [1.82, 2.24) is 19.3 Å². The van der Waals surface area contributed by atoms with Gasteiger partial charge in [-0.25, -0.2) is 9.97 Å². The summed E-state index contributed by atoms with van der Waals surface area (Å²) in [5.41, 5.74) is 0.106. The number of imidazole rings is 1. The minimum atomic E-state index is -4.58. The van der Waals surface area contributed by atoms with Crippen molar-refractivity contribution in [1.29, 1.82) is 0 Å². The van der Waals surface area contributed by atoms with E-state index in [9.17, 15) is 18.0 Å². The summed E-state index contributed by atoms with van der Waals surface area (Å²) >= 11 is 1.55. The van der Waals surface area contributed by atoms with Gasteiger partial charge in [0.05, 0.1) is 30.2 Å². The quantitative estimate of drug-likeness (QED) is 0.460. The fraction of sp³-hybridized carbons (Fsp3) is 0.286. The van der Waals surface area contributed by atoms with E-state index in [1.165, 1.54) is 23.1 Å². The molecule has 166 valence electrons. The van der Waals surface area contributed by atoms with Crippen LogP contribution in [0.4, 0.5) is 18.3 Å². The Bertz CT molecular complexity index is 1230. The van der Waals surface area contributed by atoms with E-state index < -0.39 is 11.7 Å². The van der Waals surface area contributed by atoms with Crippen molar-refractivity contribution in [3.05, 3.63) is 59.9 Å². The molecule has 5 rings (SSSR count). The van der Waals surface area contributed by atoms with Crippen molar-refractivity contribution in [3.8, 4) is 11.1 Å². The molecule has 0 aromatic carbocycles. The summed E-state index contributed by atoms with van der Waals surface area (Å²) in [5.74, 6) is -0.157. The lowest BCUT2D eigenvalue weighted by molar-refractivity contribution is -0.136. The van der Waals surface area contributed by atoms with Crippen molar-refractivity contribution >= 4 is 28.0 Å². The van der Waals surface area contributed by atoms with Crippen molar-refractivity contribution in [2.24, 2.45) is 0 Å². The predicted octanol–water partition coefficient (Wildman–Crippen LogP) is 3.96. The number of furan rings is 1. The Morgan fingerprint density at radius 2 is 1.97 bits per heavy atom. The highest BCUT2D eigenvalue weighted by Crippen LogP contribution is 2.35. The summed E-state index contributed by atoms with van der Waals surface area (Å²) in [6.45, 7) is 2.39. The molecule has 0 aliphatic carbocycles. The Labute approximate surface area is 184 Å². The molecular formula is C21H18F3N5O2S. The van der Waals surface area contributed by atoms with Crippen LogP contribution in [-0.2, 0) is 17.4 Å². The van der Waals surface area contributed by atoms with E-state index >= 15 is 0 Å². The van der Waals surface area contributed by atoms with Crippen LogP contribution in [0.2, 0.25) is 0 Å². The summed E-state index contributed by atoms with van der Waals surface area (Å²) in [7, 11) is 0. The van der Waals surface area contributed by atoms with E-state index in [2.05, 4.69) is 14.9 Å². The Balaban J connectivity index is 1.36. The molecule has 0 bridgehead atoms. The van der Waals surface area contributed by atoms with Crippen LogP contribution in [0.25, 0.3) is 16.8 Å². The number of carbonyl (C=O) groups excluding carboxylic acids is 1. The zero-order valence-electron chi connectivity index (χ0n) is 16.7. The summed E-state index contributed by atoms with van der Waals surface area (Å²) < 4.78 is 47.4. The first-order valence-electron chi connectivity index (χ1n) is 9.92. The van der Waals surface area contributed by atoms with Gasteiger partial charge < -0.3 is 18.6 Å². The van der Waals surface area contributed by atoms with Gasteiger partial charge in [-0.3, -0.25) is 4.79 Å². The van der Waals surface area contributed by atoms with Gasteiger partial charge in [0.15, 0.2) is 5.13 Å². The highest BCUT2D eigenvalue weighted by molar-refractivity contribution is 7.13. The topological polar surface area (TPSA) is 66.9 Å². The molecule has 7 nitrogen and oxygen atoms in total. The molecule has 0 atom stereocenters. The zero-order valence-corrected chi connectivity index (χ0v) is 17.6. The van der Waals surface area contributed by atoms with Crippen LogP contribution in [0.3, 0.4) is 0 Å². The van der Waals surface area contributed by atoms with E-state index in [1.54, 1.807) is 34.7 Å². The lowest BCUT2D eigenvalue weighted by Gasteiger charge is -2.34. The molecule has 1 aliphatic rings. The summed E-state index contributed by atoms with van der Waals surface area (Å²) in [6, 6.07) is 2.64. The summed E-state index contributed by atoms with van der Waals surface area (Å²) in [4.78, 5) is 25.0. The second-order valence-electron chi connectivity index (χ2n) is 7.47. The molecule has 32 heavy (non-hydrogen) atoms. The number of thiazole rings is 1. The number of fused-ring (bicyclic) bond motifs is 1. The molecule has 1 saturated heterocycles. The maximum atomic E-state index is 13.7. The van der Waals surface area contributed by atoms with E-state index in [1.807, 2.05) is 5.38 Å². The number of rotatable bonds is 4. The predicted molar refractivity (Wildman–Crippen MR) is 113 cm³/mol. The molecule has 1 amide bonds. The molecule has 4 aromatic heterocycles. The minimum Gasteiger partial charge on any atom is -0.472 e.